The number of nitrogens with one attached hydrogen (secondary N) is 1. The molecule has 0 aliphatic heterocycles. The number of anilines is 1. The molecule has 2 aromatic rings. The molecule has 0 saturated heterocycles. The minimum atomic E-state index is -3.91. The smallest absolute Gasteiger partial charge is 0.243 e. The van der Waals surface area contributed by atoms with Gasteiger partial charge in [0, 0.05) is 32.4 Å². The average molecular weight is 365 g/mol. The standard InChI is InChI=1S/C18H24FN3O2S/c1-21(2)15-11-9-14(10-12-15)17(22(3)4)13-20-25(23,24)18-8-6-5-7-16(18)19/h5-12,17,20H,13H2,1-4H3. The number of nitrogens with zero attached hydrogens (tertiary/aromatic N) is 2. The van der Waals surface area contributed by atoms with Crippen molar-refractivity contribution in [1.29, 1.82) is 0 Å². The van der Waals surface area contributed by atoms with Crippen LogP contribution in [0.25, 0.3) is 0 Å². The largest absolute Gasteiger partial charge is 0.378 e. The Balaban J connectivity index is 2.18. The van der Waals surface area contributed by atoms with Gasteiger partial charge in [0.15, 0.2) is 0 Å². The summed E-state index contributed by atoms with van der Waals surface area (Å²) < 4.78 is 41.0. The maximum absolute atomic E-state index is 13.8. The van der Waals surface area contributed by atoms with E-state index in [1.807, 2.05) is 62.3 Å². The van der Waals surface area contributed by atoms with Gasteiger partial charge in [0.05, 0.1) is 0 Å². The van der Waals surface area contributed by atoms with E-state index in [4.69, 9.17) is 0 Å². The summed E-state index contributed by atoms with van der Waals surface area (Å²) in [4.78, 5) is 3.58. The summed E-state index contributed by atoms with van der Waals surface area (Å²) in [7, 11) is 3.76. The van der Waals surface area contributed by atoms with Crippen LogP contribution in [0.15, 0.2) is 53.4 Å². The lowest BCUT2D eigenvalue weighted by molar-refractivity contribution is 0.299. The van der Waals surface area contributed by atoms with Gasteiger partial charge >= 0.3 is 0 Å². The molecule has 25 heavy (non-hydrogen) atoms. The first kappa shape index (κ1) is 19.4. The van der Waals surface area contributed by atoms with Gasteiger partial charge in [-0.1, -0.05) is 24.3 Å². The van der Waals surface area contributed by atoms with E-state index in [1.54, 1.807) is 0 Å². The first-order valence-corrected chi connectivity index (χ1v) is 9.38. The molecule has 0 spiro atoms. The number of rotatable bonds is 7. The molecule has 0 radical (unpaired) electrons. The van der Waals surface area contributed by atoms with Gasteiger partial charge < -0.3 is 9.80 Å². The maximum atomic E-state index is 13.8. The molecule has 5 nitrogen and oxygen atoms in total. The third kappa shape index (κ3) is 4.78. The molecule has 1 atom stereocenters. The topological polar surface area (TPSA) is 52.7 Å². The molecule has 7 heteroatoms. The highest BCUT2D eigenvalue weighted by molar-refractivity contribution is 7.89. The number of sulfonamides is 1. The molecule has 0 amide bonds. The molecule has 2 aromatic carbocycles. The van der Waals surface area contributed by atoms with Gasteiger partial charge in [0.25, 0.3) is 0 Å². The number of benzene rings is 2. The Bertz CT molecular complexity index is 805. The molecule has 1 unspecified atom stereocenters. The zero-order valence-corrected chi connectivity index (χ0v) is 15.7. The summed E-state index contributed by atoms with van der Waals surface area (Å²) in [6.45, 7) is 0.144. The molecule has 136 valence electrons. The molecule has 0 aromatic heterocycles. The number of hydrogen-bond acceptors (Lipinski definition) is 4. The molecular weight excluding hydrogens is 341 g/mol. The first-order chi connectivity index (χ1) is 11.7. The quantitative estimate of drug-likeness (QED) is 0.819. The van der Waals surface area contributed by atoms with Crippen LogP contribution in [0.4, 0.5) is 10.1 Å². The lowest BCUT2D eigenvalue weighted by atomic mass is 10.1. The highest BCUT2D eigenvalue weighted by Gasteiger charge is 2.22. The lowest BCUT2D eigenvalue weighted by Crippen LogP contribution is -2.34. The Morgan fingerprint density at radius 2 is 1.60 bits per heavy atom. The van der Waals surface area contributed by atoms with Crippen molar-refractivity contribution in [2.45, 2.75) is 10.9 Å². The van der Waals surface area contributed by atoms with Crippen molar-refractivity contribution in [3.05, 3.63) is 59.9 Å². The van der Waals surface area contributed by atoms with Crippen LogP contribution in [0.1, 0.15) is 11.6 Å². The van der Waals surface area contributed by atoms with E-state index in [9.17, 15) is 12.8 Å². The van der Waals surface area contributed by atoms with E-state index < -0.39 is 15.8 Å². The minimum Gasteiger partial charge on any atom is -0.378 e. The highest BCUT2D eigenvalue weighted by atomic mass is 32.2. The van der Waals surface area contributed by atoms with Crippen LogP contribution in [-0.2, 0) is 10.0 Å². The van der Waals surface area contributed by atoms with Crippen molar-refractivity contribution in [3.63, 3.8) is 0 Å². The highest BCUT2D eigenvalue weighted by Crippen LogP contribution is 2.22. The lowest BCUT2D eigenvalue weighted by Gasteiger charge is -2.25. The molecule has 2 rings (SSSR count). The molecular formula is C18H24FN3O2S. The molecule has 0 aliphatic rings. The van der Waals surface area contributed by atoms with Gasteiger partial charge in [-0.2, -0.15) is 0 Å². The van der Waals surface area contributed by atoms with Crippen LogP contribution < -0.4 is 9.62 Å². The Morgan fingerprint density at radius 3 is 2.12 bits per heavy atom. The van der Waals surface area contributed by atoms with Crippen molar-refractivity contribution < 1.29 is 12.8 Å². The van der Waals surface area contributed by atoms with Gasteiger partial charge in [-0.05, 0) is 43.9 Å². The summed E-state index contributed by atoms with van der Waals surface area (Å²) >= 11 is 0. The number of halogens is 1. The average Bonchev–Trinajstić information content (AvgIpc) is 2.55. The fraction of sp³-hybridized carbons (Fsp3) is 0.333. The third-order valence-electron chi connectivity index (χ3n) is 4.01. The van der Waals surface area contributed by atoms with E-state index in [-0.39, 0.29) is 17.5 Å². The van der Waals surface area contributed by atoms with Crippen molar-refractivity contribution in [1.82, 2.24) is 9.62 Å². The van der Waals surface area contributed by atoms with Crippen molar-refractivity contribution in [2.24, 2.45) is 0 Å². The van der Waals surface area contributed by atoms with E-state index >= 15 is 0 Å². The molecule has 0 bridgehead atoms. The van der Waals surface area contributed by atoms with Crippen LogP contribution >= 0.6 is 0 Å². The summed E-state index contributed by atoms with van der Waals surface area (Å²) in [5.74, 6) is -0.758. The summed E-state index contributed by atoms with van der Waals surface area (Å²) in [5, 5.41) is 0. The zero-order valence-electron chi connectivity index (χ0n) is 14.9. The van der Waals surface area contributed by atoms with Gasteiger partial charge in [-0.15, -0.1) is 0 Å². The van der Waals surface area contributed by atoms with Crippen molar-refractivity contribution in [3.8, 4) is 0 Å². The predicted octanol–water partition coefficient (Wildman–Crippen LogP) is 2.47. The van der Waals surface area contributed by atoms with Crippen LogP contribution in [0.3, 0.4) is 0 Å². The minimum absolute atomic E-state index is 0.144. The van der Waals surface area contributed by atoms with E-state index in [2.05, 4.69) is 4.72 Å². The Morgan fingerprint density at radius 1 is 1.00 bits per heavy atom. The molecule has 0 aliphatic carbocycles. The second kappa shape index (κ2) is 7.95. The normalized spacial score (nSPS) is 13.0. The van der Waals surface area contributed by atoms with Crippen molar-refractivity contribution >= 4 is 15.7 Å². The third-order valence-corrected chi connectivity index (χ3v) is 5.47. The number of likely N-dealkylation sites (N-methyl/N-ethyl adjacent to an activating group) is 1. The maximum Gasteiger partial charge on any atom is 0.243 e. The van der Waals surface area contributed by atoms with Gasteiger partial charge in [-0.25, -0.2) is 17.5 Å². The van der Waals surface area contributed by atoms with Crippen LogP contribution in [0.5, 0.6) is 0 Å². The molecule has 1 N–H and O–H groups in total. The SMILES string of the molecule is CN(C)c1ccc(C(CNS(=O)(=O)c2ccccc2F)N(C)C)cc1. The molecule has 0 saturated carbocycles. The van der Waals surface area contributed by atoms with Crippen LogP contribution in [0.2, 0.25) is 0 Å². The fourth-order valence-corrected chi connectivity index (χ4v) is 3.64. The first-order valence-electron chi connectivity index (χ1n) is 7.90. The Kier molecular flexibility index (Phi) is 6.16. The van der Waals surface area contributed by atoms with Gasteiger partial charge in [0.1, 0.15) is 10.7 Å². The summed E-state index contributed by atoms with van der Waals surface area (Å²) in [5.41, 5.74) is 2.04. The second-order valence-electron chi connectivity index (χ2n) is 6.25. The Hall–Kier alpha value is -1.96. The zero-order chi connectivity index (χ0) is 18.6. The molecule has 0 fully saturated rings. The number of hydrogen-bond donors (Lipinski definition) is 1. The second-order valence-corrected chi connectivity index (χ2v) is 7.98. The predicted molar refractivity (Wildman–Crippen MR) is 98.8 cm³/mol. The van der Waals surface area contributed by atoms with Crippen molar-refractivity contribution in [2.75, 3.05) is 39.6 Å². The van der Waals surface area contributed by atoms with Crippen LogP contribution in [-0.4, -0.2) is 48.1 Å². The van der Waals surface area contributed by atoms with Crippen LogP contribution in [0, 0.1) is 5.82 Å². The van der Waals surface area contributed by atoms with Gasteiger partial charge in [0.2, 0.25) is 10.0 Å². The summed E-state index contributed by atoms with van der Waals surface area (Å²) in [6.07, 6.45) is 0. The van der Waals surface area contributed by atoms with E-state index in [1.165, 1.54) is 18.2 Å². The van der Waals surface area contributed by atoms with E-state index in [0.717, 1.165) is 17.3 Å². The fourth-order valence-electron chi connectivity index (χ4n) is 2.52. The van der Waals surface area contributed by atoms with E-state index in [0.29, 0.717) is 0 Å². The monoisotopic (exact) mass is 365 g/mol. The Labute approximate surface area is 149 Å². The summed E-state index contributed by atoms with van der Waals surface area (Å²) in [6, 6.07) is 13.1. The molecule has 0 heterocycles. The van der Waals surface area contributed by atoms with Gasteiger partial charge in [-0.3, -0.25) is 0 Å².